The number of benzene rings is 1. The average molecular weight is 360 g/mol. The Labute approximate surface area is 153 Å². The van der Waals surface area contributed by atoms with E-state index in [9.17, 15) is 13.6 Å². The molecule has 4 saturated carbocycles. The quantitative estimate of drug-likeness (QED) is 0.809. The summed E-state index contributed by atoms with van der Waals surface area (Å²) in [6, 6.07) is 3.99. The Morgan fingerprint density at radius 3 is 2.23 bits per heavy atom. The number of carbonyl (C=O) groups excluding carboxylic acids is 1. The molecule has 140 valence electrons. The molecule has 0 unspecified atom stereocenters. The maximum absolute atomic E-state index is 14.2. The number of nitrogens with zero attached hydrogens (tertiary/aromatic N) is 2. The van der Waals surface area contributed by atoms with Gasteiger partial charge in [0.15, 0.2) is 0 Å². The second kappa shape index (κ2) is 5.51. The largest absolute Gasteiger partial charge is 0.271 e. The lowest BCUT2D eigenvalue weighted by Gasteiger charge is -2.65. The van der Waals surface area contributed by atoms with Crippen LogP contribution in [0.3, 0.4) is 0 Å². The normalized spacial score (nSPS) is 37.9. The molecule has 1 amide bonds. The van der Waals surface area contributed by atoms with Crippen molar-refractivity contribution in [1.82, 2.24) is 10.0 Å². The summed E-state index contributed by atoms with van der Waals surface area (Å²) in [5.74, 6) is 1.92. The first kappa shape index (κ1) is 16.7. The Balaban J connectivity index is 1.43. The molecular weight excluding hydrogens is 334 g/mol. The number of carbonyl (C=O) groups is 1. The van der Waals surface area contributed by atoms with E-state index in [0.29, 0.717) is 23.9 Å². The van der Waals surface area contributed by atoms with Crippen LogP contribution in [-0.4, -0.2) is 27.5 Å². The third-order valence-corrected chi connectivity index (χ3v) is 7.43. The predicted octanol–water partition coefficient (Wildman–Crippen LogP) is 4.13. The van der Waals surface area contributed by atoms with Gasteiger partial charge in [0, 0.05) is 18.2 Å². The van der Waals surface area contributed by atoms with Crippen LogP contribution in [0.15, 0.2) is 18.2 Å². The van der Waals surface area contributed by atoms with Crippen molar-refractivity contribution in [2.24, 2.45) is 23.7 Å². The fourth-order valence-corrected chi connectivity index (χ4v) is 6.40. The molecule has 0 atom stereocenters. The summed E-state index contributed by atoms with van der Waals surface area (Å²) in [4.78, 5) is 13.0. The second-order valence-electron chi connectivity index (χ2n) is 9.42. The lowest BCUT2D eigenvalue weighted by Crippen LogP contribution is -2.79. The van der Waals surface area contributed by atoms with Gasteiger partial charge in [0.25, 0.3) is 5.91 Å². The van der Waals surface area contributed by atoms with Gasteiger partial charge in [-0.1, -0.05) is 6.07 Å². The van der Waals surface area contributed by atoms with E-state index >= 15 is 0 Å². The van der Waals surface area contributed by atoms with Crippen molar-refractivity contribution in [2.45, 2.75) is 64.1 Å². The lowest BCUT2D eigenvalue weighted by atomic mass is 9.53. The number of hydrogen-bond donors (Lipinski definition) is 0. The highest BCUT2D eigenvalue weighted by Gasteiger charge is 2.60. The molecule has 1 aromatic carbocycles. The summed E-state index contributed by atoms with van der Waals surface area (Å²) in [6.45, 7) is 4.13. The molecule has 0 radical (unpaired) electrons. The molecule has 5 fully saturated rings. The number of amides is 1. The molecule has 1 aliphatic heterocycles. The Morgan fingerprint density at radius 2 is 1.65 bits per heavy atom. The van der Waals surface area contributed by atoms with Gasteiger partial charge in [0.1, 0.15) is 17.2 Å². The van der Waals surface area contributed by atoms with E-state index in [-0.39, 0.29) is 11.9 Å². The van der Waals surface area contributed by atoms with Gasteiger partial charge in [0.05, 0.1) is 6.04 Å². The van der Waals surface area contributed by atoms with Crippen LogP contribution in [0.1, 0.15) is 51.5 Å². The SMILES string of the molecule is CC1(C)C(=O)N(C2C3CC4CC(C3)CC2C4)N1Cc1ccc(F)cc1F. The van der Waals surface area contributed by atoms with E-state index in [2.05, 4.69) is 0 Å². The summed E-state index contributed by atoms with van der Waals surface area (Å²) in [6.07, 6.45) is 6.33. The Bertz CT molecular complexity index is 734. The molecule has 26 heavy (non-hydrogen) atoms. The minimum atomic E-state index is -0.629. The van der Waals surface area contributed by atoms with Gasteiger partial charge in [0.2, 0.25) is 0 Å². The van der Waals surface area contributed by atoms with Gasteiger partial charge in [-0.2, -0.15) is 5.01 Å². The third-order valence-electron chi connectivity index (χ3n) is 7.43. The number of hydrazine groups is 1. The van der Waals surface area contributed by atoms with Crippen molar-refractivity contribution in [3.05, 3.63) is 35.4 Å². The van der Waals surface area contributed by atoms with Crippen LogP contribution in [0.2, 0.25) is 0 Å². The zero-order valence-electron chi connectivity index (χ0n) is 15.4. The van der Waals surface area contributed by atoms with E-state index in [1.54, 1.807) is 0 Å². The van der Waals surface area contributed by atoms with Crippen LogP contribution in [0.4, 0.5) is 8.78 Å². The van der Waals surface area contributed by atoms with Gasteiger partial charge < -0.3 is 0 Å². The first-order valence-electron chi connectivity index (χ1n) is 9.89. The molecular formula is C21H26F2N2O. The average Bonchev–Trinajstić information content (AvgIpc) is 2.57. The number of rotatable bonds is 3. The number of halogens is 2. The minimum Gasteiger partial charge on any atom is -0.271 e. The highest BCUT2D eigenvalue weighted by molar-refractivity contribution is 5.90. The van der Waals surface area contributed by atoms with Gasteiger partial charge in [-0.3, -0.25) is 9.80 Å². The molecule has 0 N–H and O–H groups in total. The molecule has 0 spiro atoms. The topological polar surface area (TPSA) is 23.6 Å². The van der Waals surface area contributed by atoms with Crippen molar-refractivity contribution in [1.29, 1.82) is 0 Å². The molecule has 5 aliphatic rings. The van der Waals surface area contributed by atoms with Crippen molar-refractivity contribution >= 4 is 5.91 Å². The lowest BCUT2D eigenvalue weighted by molar-refractivity contribution is -0.251. The molecule has 1 heterocycles. The summed E-state index contributed by atoms with van der Waals surface area (Å²) >= 11 is 0. The predicted molar refractivity (Wildman–Crippen MR) is 93.7 cm³/mol. The fourth-order valence-electron chi connectivity index (χ4n) is 6.40. The Morgan fingerprint density at radius 1 is 1.04 bits per heavy atom. The van der Waals surface area contributed by atoms with E-state index in [1.165, 1.54) is 44.2 Å². The molecule has 4 bridgehead atoms. The molecule has 1 saturated heterocycles. The van der Waals surface area contributed by atoms with Crippen molar-refractivity contribution in [2.75, 3.05) is 0 Å². The van der Waals surface area contributed by atoms with E-state index in [1.807, 2.05) is 23.9 Å². The highest BCUT2D eigenvalue weighted by atomic mass is 19.1. The fraction of sp³-hybridized carbons (Fsp3) is 0.667. The molecule has 3 nitrogen and oxygen atoms in total. The first-order valence-corrected chi connectivity index (χ1v) is 9.89. The summed E-state index contributed by atoms with van der Waals surface area (Å²) < 4.78 is 27.4. The van der Waals surface area contributed by atoms with Crippen LogP contribution in [0.5, 0.6) is 0 Å². The summed E-state index contributed by atoms with van der Waals surface area (Å²) in [5, 5.41) is 3.98. The van der Waals surface area contributed by atoms with Crippen molar-refractivity contribution in [3.8, 4) is 0 Å². The summed E-state index contributed by atoms with van der Waals surface area (Å²) in [5.41, 5.74) is -0.184. The van der Waals surface area contributed by atoms with Gasteiger partial charge >= 0.3 is 0 Å². The van der Waals surface area contributed by atoms with Gasteiger partial charge in [-0.25, -0.2) is 8.78 Å². The van der Waals surface area contributed by atoms with Crippen LogP contribution in [0.25, 0.3) is 0 Å². The second-order valence-corrected chi connectivity index (χ2v) is 9.42. The van der Waals surface area contributed by atoms with E-state index < -0.39 is 17.2 Å². The van der Waals surface area contributed by atoms with Gasteiger partial charge in [-0.05, 0) is 75.7 Å². The van der Waals surface area contributed by atoms with Gasteiger partial charge in [-0.15, -0.1) is 0 Å². The zero-order chi connectivity index (χ0) is 18.2. The van der Waals surface area contributed by atoms with Crippen LogP contribution in [-0.2, 0) is 11.3 Å². The zero-order valence-corrected chi connectivity index (χ0v) is 15.4. The monoisotopic (exact) mass is 360 g/mol. The standard InChI is InChI=1S/C21H26F2N2O/c1-21(2)20(26)25(24(21)11-14-3-4-17(22)10-18(14)23)19-15-6-12-5-13(8-15)9-16(19)7-12/h3-4,10,12-13,15-16,19H,5-9,11H2,1-2H3. The van der Waals surface area contributed by atoms with Crippen molar-refractivity contribution < 1.29 is 13.6 Å². The smallest absolute Gasteiger partial charge is 0.258 e. The first-order chi connectivity index (χ1) is 12.3. The molecule has 4 aliphatic carbocycles. The summed E-state index contributed by atoms with van der Waals surface area (Å²) in [7, 11) is 0. The van der Waals surface area contributed by atoms with E-state index in [4.69, 9.17) is 0 Å². The highest BCUT2D eigenvalue weighted by Crippen LogP contribution is 2.57. The maximum atomic E-state index is 14.2. The molecule has 0 aromatic heterocycles. The van der Waals surface area contributed by atoms with E-state index in [0.717, 1.165) is 17.9 Å². The molecule has 5 heteroatoms. The van der Waals surface area contributed by atoms with Crippen LogP contribution < -0.4 is 0 Å². The van der Waals surface area contributed by atoms with Crippen molar-refractivity contribution in [3.63, 3.8) is 0 Å². The maximum Gasteiger partial charge on any atom is 0.258 e. The molecule has 1 aromatic rings. The number of hydrogen-bond acceptors (Lipinski definition) is 2. The molecule has 6 rings (SSSR count). The Kier molecular flexibility index (Phi) is 3.53. The van der Waals surface area contributed by atoms with Crippen LogP contribution in [0, 0.1) is 35.3 Å². The Hall–Kier alpha value is -1.49. The minimum absolute atomic E-state index is 0.150. The van der Waals surface area contributed by atoms with Crippen LogP contribution >= 0.6 is 0 Å². The third kappa shape index (κ3) is 2.29.